The molecule has 8 nitrogen and oxygen atoms in total. The lowest BCUT2D eigenvalue weighted by Gasteiger charge is -2.29. The highest BCUT2D eigenvalue weighted by Crippen LogP contribution is 2.31. The number of carbonyl (C=O) groups excluding carboxylic acids is 2. The van der Waals surface area contributed by atoms with E-state index >= 15 is 0 Å². The van der Waals surface area contributed by atoms with Crippen LogP contribution in [0, 0.1) is 6.92 Å². The van der Waals surface area contributed by atoms with Crippen LogP contribution in [-0.4, -0.2) is 33.3 Å². The average Bonchev–Trinajstić information content (AvgIpc) is 2.90. The second kappa shape index (κ2) is 9.92. The first-order valence-electron chi connectivity index (χ1n) is 11.6. The van der Waals surface area contributed by atoms with Gasteiger partial charge in [-0.05, 0) is 55.0 Å². The molecule has 3 heterocycles. The van der Waals surface area contributed by atoms with E-state index in [9.17, 15) is 22.8 Å². The lowest BCUT2D eigenvalue weighted by Crippen LogP contribution is -2.38. The number of nitrogens with zero attached hydrogens (tertiary/aromatic N) is 4. The number of rotatable bonds is 5. The van der Waals surface area contributed by atoms with Gasteiger partial charge in [0.15, 0.2) is 0 Å². The summed E-state index contributed by atoms with van der Waals surface area (Å²) in [6, 6.07) is 12.7. The average molecular weight is 518 g/mol. The molecule has 0 unspecified atom stereocenters. The van der Waals surface area contributed by atoms with E-state index in [1.807, 2.05) is 6.92 Å². The molecule has 1 aliphatic heterocycles. The van der Waals surface area contributed by atoms with Gasteiger partial charge in [0.25, 0.3) is 11.8 Å². The topological polar surface area (TPSA) is 100 Å². The van der Waals surface area contributed by atoms with Crippen LogP contribution >= 0.6 is 0 Å². The van der Waals surface area contributed by atoms with Crippen LogP contribution in [0.25, 0.3) is 0 Å². The van der Waals surface area contributed by atoms with Crippen molar-refractivity contribution >= 4 is 34.8 Å². The summed E-state index contributed by atoms with van der Waals surface area (Å²) in [6.45, 7) is 2.18. The third kappa shape index (κ3) is 5.17. The van der Waals surface area contributed by atoms with Crippen LogP contribution in [0.3, 0.4) is 0 Å². The zero-order valence-electron chi connectivity index (χ0n) is 20.1. The fourth-order valence-corrected chi connectivity index (χ4v) is 4.12. The second-order valence-electron chi connectivity index (χ2n) is 8.66. The Bertz CT molecular complexity index is 1530. The lowest BCUT2D eigenvalue weighted by molar-refractivity contribution is -0.137. The number of halogens is 3. The number of aromatic nitrogens is 3. The van der Waals surface area contributed by atoms with E-state index in [0.29, 0.717) is 41.5 Å². The Hall–Kier alpha value is -4.80. The van der Waals surface area contributed by atoms with Crippen molar-refractivity contribution in [3.05, 3.63) is 101 Å². The Labute approximate surface area is 215 Å². The fraction of sp³-hybridized carbons (Fsp3) is 0.148. The third-order valence-electron chi connectivity index (χ3n) is 6.06. The van der Waals surface area contributed by atoms with Crippen LogP contribution < -0.4 is 15.5 Å². The number of amides is 2. The van der Waals surface area contributed by atoms with E-state index in [1.165, 1.54) is 18.3 Å². The van der Waals surface area contributed by atoms with Crippen molar-refractivity contribution < 1.29 is 22.8 Å². The summed E-state index contributed by atoms with van der Waals surface area (Å²) in [6.07, 6.45) is 0.683. The molecule has 2 aromatic heterocycles. The zero-order chi connectivity index (χ0) is 26.9. The van der Waals surface area contributed by atoms with E-state index in [4.69, 9.17) is 0 Å². The molecule has 0 saturated heterocycles. The van der Waals surface area contributed by atoms with Gasteiger partial charge in [0, 0.05) is 54.2 Å². The minimum absolute atomic E-state index is 0.127. The van der Waals surface area contributed by atoms with Crippen LogP contribution in [0.15, 0.2) is 73.2 Å². The van der Waals surface area contributed by atoms with Crippen LogP contribution in [0.5, 0.6) is 0 Å². The molecule has 0 saturated carbocycles. The highest BCUT2D eigenvalue weighted by Gasteiger charge is 2.31. The Kier molecular flexibility index (Phi) is 6.50. The molecule has 0 spiro atoms. The molecule has 5 rings (SSSR count). The Morgan fingerprint density at radius 3 is 2.58 bits per heavy atom. The predicted molar refractivity (Wildman–Crippen MR) is 136 cm³/mol. The van der Waals surface area contributed by atoms with Crippen molar-refractivity contribution in [2.75, 3.05) is 22.1 Å². The summed E-state index contributed by atoms with van der Waals surface area (Å²) in [4.78, 5) is 40.3. The highest BCUT2D eigenvalue weighted by atomic mass is 19.4. The maximum absolute atomic E-state index is 13.3. The van der Waals surface area contributed by atoms with Crippen LogP contribution in [0.4, 0.5) is 36.2 Å². The molecule has 0 fully saturated rings. The van der Waals surface area contributed by atoms with Gasteiger partial charge >= 0.3 is 6.18 Å². The number of fused-ring (bicyclic) bond motifs is 1. The van der Waals surface area contributed by atoms with Gasteiger partial charge in [0.1, 0.15) is 0 Å². The normalized spacial score (nSPS) is 13.2. The molecule has 4 aromatic rings. The van der Waals surface area contributed by atoms with Crippen molar-refractivity contribution in [1.82, 2.24) is 15.0 Å². The summed E-state index contributed by atoms with van der Waals surface area (Å²) in [5.74, 6) is -0.610. The van der Waals surface area contributed by atoms with E-state index < -0.39 is 17.6 Å². The van der Waals surface area contributed by atoms with Crippen molar-refractivity contribution in [3.63, 3.8) is 0 Å². The number of alkyl halides is 3. The zero-order valence-corrected chi connectivity index (χ0v) is 20.1. The van der Waals surface area contributed by atoms with Gasteiger partial charge in [-0.1, -0.05) is 12.1 Å². The molecule has 0 aliphatic carbocycles. The molecule has 192 valence electrons. The van der Waals surface area contributed by atoms with Crippen molar-refractivity contribution in [3.8, 4) is 0 Å². The van der Waals surface area contributed by atoms with Crippen LogP contribution in [0.1, 0.15) is 37.5 Å². The summed E-state index contributed by atoms with van der Waals surface area (Å²) >= 11 is 0. The maximum Gasteiger partial charge on any atom is 0.416 e. The Balaban J connectivity index is 1.35. The first-order chi connectivity index (χ1) is 18.2. The van der Waals surface area contributed by atoms with Gasteiger partial charge in [-0.25, -0.2) is 9.97 Å². The Morgan fingerprint density at radius 2 is 1.82 bits per heavy atom. The van der Waals surface area contributed by atoms with E-state index in [-0.39, 0.29) is 11.5 Å². The number of pyridine rings is 1. The van der Waals surface area contributed by atoms with E-state index in [0.717, 1.165) is 23.4 Å². The number of hydrogen-bond donors (Lipinski definition) is 2. The van der Waals surface area contributed by atoms with E-state index in [2.05, 4.69) is 25.6 Å². The van der Waals surface area contributed by atoms with Gasteiger partial charge in [-0.15, -0.1) is 0 Å². The van der Waals surface area contributed by atoms with Crippen LogP contribution in [0.2, 0.25) is 0 Å². The Morgan fingerprint density at radius 1 is 1.03 bits per heavy atom. The first-order valence-corrected chi connectivity index (χ1v) is 11.6. The third-order valence-corrected chi connectivity index (χ3v) is 6.06. The highest BCUT2D eigenvalue weighted by molar-refractivity contribution is 6.09. The summed E-state index contributed by atoms with van der Waals surface area (Å²) < 4.78 is 39.1. The predicted octanol–water partition coefficient (Wildman–Crippen LogP) is 5.40. The maximum atomic E-state index is 13.3. The molecule has 1 aliphatic rings. The van der Waals surface area contributed by atoms with Gasteiger partial charge < -0.3 is 15.5 Å². The minimum atomic E-state index is -4.56. The number of benzene rings is 2. The molecule has 38 heavy (non-hydrogen) atoms. The van der Waals surface area contributed by atoms with Gasteiger partial charge in [-0.3, -0.25) is 14.6 Å². The molecule has 0 radical (unpaired) electrons. The second-order valence-corrected chi connectivity index (χ2v) is 8.66. The number of anilines is 4. The van der Waals surface area contributed by atoms with E-state index in [1.54, 1.807) is 47.6 Å². The molecule has 0 bridgehead atoms. The molecule has 11 heteroatoms. The summed E-state index contributed by atoms with van der Waals surface area (Å²) in [5.41, 5.74) is 2.42. The number of carbonyl (C=O) groups is 2. The summed E-state index contributed by atoms with van der Waals surface area (Å²) in [7, 11) is 0. The first kappa shape index (κ1) is 24.9. The number of nitrogens with one attached hydrogen (secondary N) is 2. The van der Waals surface area contributed by atoms with Gasteiger partial charge in [0.05, 0.1) is 16.8 Å². The van der Waals surface area contributed by atoms with Crippen molar-refractivity contribution in [2.24, 2.45) is 0 Å². The van der Waals surface area contributed by atoms with Crippen LogP contribution in [-0.2, 0) is 12.6 Å². The van der Waals surface area contributed by atoms with Crippen molar-refractivity contribution in [1.29, 1.82) is 0 Å². The minimum Gasteiger partial charge on any atom is -0.324 e. The van der Waals surface area contributed by atoms with Gasteiger partial charge in [-0.2, -0.15) is 13.2 Å². The summed E-state index contributed by atoms with van der Waals surface area (Å²) in [5, 5.41) is 5.71. The quantitative estimate of drug-likeness (QED) is 0.367. The molecule has 2 N–H and O–H groups in total. The SMILES string of the molecule is Cc1ccc(NC(=O)c2cccc(C(F)(F)F)c2)cc1N1CCc2nc(Nc3ccncc3)ncc2C1=O. The van der Waals surface area contributed by atoms with Crippen molar-refractivity contribution in [2.45, 2.75) is 19.5 Å². The lowest BCUT2D eigenvalue weighted by atomic mass is 10.0. The van der Waals surface area contributed by atoms with Gasteiger partial charge in [0.2, 0.25) is 5.95 Å². The monoisotopic (exact) mass is 518 g/mol. The molecular weight excluding hydrogens is 497 g/mol. The number of hydrogen-bond acceptors (Lipinski definition) is 6. The smallest absolute Gasteiger partial charge is 0.324 e. The largest absolute Gasteiger partial charge is 0.416 e. The number of aryl methyl sites for hydroxylation is 1. The fourth-order valence-electron chi connectivity index (χ4n) is 4.12. The standard InChI is InChI=1S/C27H21F3N6O2/c1-16-5-6-20(33-24(37)17-3-2-4-18(13-17)27(28,29)30)14-23(16)36-12-9-22-21(25(36)38)15-32-26(35-22)34-19-7-10-31-11-8-19/h2-8,10-11,13-15H,9,12H2,1H3,(H,33,37)(H,31,32,34,35). The molecule has 0 atom stereocenters. The molecular formula is C27H21F3N6O2. The molecule has 2 aromatic carbocycles. The molecule has 2 amide bonds.